The molecule has 2 saturated heterocycles. The smallest absolute Gasteiger partial charge is 0.309 e. The average Bonchev–Trinajstić information content (AvgIpc) is 3.28. The van der Waals surface area contributed by atoms with Gasteiger partial charge in [-0.15, -0.1) is 0 Å². The van der Waals surface area contributed by atoms with Crippen LogP contribution in [-0.4, -0.2) is 45.3 Å². The van der Waals surface area contributed by atoms with E-state index < -0.39 is 0 Å². The summed E-state index contributed by atoms with van der Waals surface area (Å²) in [5.41, 5.74) is 0.898. The van der Waals surface area contributed by atoms with Gasteiger partial charge < -0.3 is 18.9 Å². The minimum atomic E-state index is -0.199. The summed E-state index contributed by atoms with van der Waals surface area (Å²) < 4.78 is 21.2. The van der Waals surface area contributed by atoms with Crippen LogP contribution in [0, 0.1) is 5.92 Å². The predicted octanol–water partition coefficient (Wildman–Crippen LogP) is 2.05. The van der Waals surface area contributed by atoms with Crippen molar-refractivity contribution in [1.82, 2.24) is 0 Å². The molecule has 0 radical (unpaired) electrons. The van der Waals surface area contributed by atoms with Gasteiger partial charge in [0, 0.05) is 6.61 Å². The van der Waals surface area contributed by atoms with Crippen LogP contribution in [-0.2, 0) is 23.7 Å². The lowest BCUT2D eigenvalue weighted by Crippen LogP contribution is -2.24. The van der Waals surface area contributed by atoms with Crippen LogP contribution in [0.15, 0.2) is 12.2 Å². The van der Waals surface area contributed by atoms with E-state index in [0.717, 1.165) is 38.0 Å². The van der Waals surface area contributed by atoms with Gasteiger partial charge in [0.05, 0.1) is 32.3 Å². The van der Waals surface area contributed by atoms with Gasteiger partial charge in [-0.25, -0.2) is 0 Å². The number of rotatable bonds is 8. The molecule has 0 aromatic carbocycles. The number of carbonyl (C=O) groups excluding carboxylic acids is 1. The quantitative estimate of drug-likeness (QED) is 0.388. The SMILES string of the molecule is C=C(COC1CCCCO1)C[C@@H](C[C@H]1CO1)C(=O)OC. The van der Waals surface area contributed by atoms with E-state index in [1.165, 1.54) is 7.11 Å². The minimum absolute atomic E-state index is 0.121. The molecule has 2 aliphatic heterocycles. The van der Waals surface area contributed by atoms with Crippen LogP contribution in [0.25, 0.3) is 0 Å². The Bertz CT molecular complexity index is 331. The van der Waals surface area contributed by atoms with Gasteiger partial charge in [0.25, 0.3) is 0 Å². The summed E-state index contributed by atoms with van der Waals surface area (Å²) in [6.07, 6.45) is 4.54. The van der Waals surface area contributed by atoms with Gasteiger partial charge in [0.1, 0.15) is 0 Å². The highest BCUT2D eigenvalue weighted by Crippen LogP contribution is 2.25. The number of methoxy groups -OCH3 is 1. The second-order valence-corrected chi connectivity index (χ2v) is 5.47. The zero-order valence-electron chi connectivity index (χ0n) is 12.1. The molecular weight excluding hydrogens is 260 g/mol. The van der Waals surface area contributed by atoms with Gasteiger partial charge >= 0.3 is 5.97 Å². The van der Waals surface area contributed by atoms with Gasteiger partial charge in [-0.3, -0.25) is 4.79 Å². The monoisotopic (exact) mass is 284 g/mol. The first-order chi connectivity index (χ1) is 9.69. The van der Waals surface area contributed by atoms with E-state index >= 15 is 0 Å². The third kappa shape index (κ3) is 5.23. The molecule has 0 N–H and O–H groups in total. The Morgan fingerprint density at radius 1 is 1.40 bits per heavy atom. The van der Waals surface area contributed by atoms with Crippen LogP contribution in [0.1, 0.15) is 32.1 Å². The summed E-state index contributed by atoms with van der Waals surface area (Å²) in [5, 5.41) is 0. The van der Waals surface area contributed by atoms with E-state index in [-0.39, 0.29) is 24.3 Å². The molecule has 2 aliphatic rings. The highest BCUT2D eigenvalue weighted by Gasteiger charge is 2.31. The fourth-order valence-electron chi connectivity index (χ4n) is 2.41. The van der Waals surface area contributed by atoms with E-state index in [2.05, 4.69) is 6.58 Å². The van der Waals surface area contributed by atoms with Crippen molar-refractivity contribution >= 4 is 5.97 Å². The Labute approximate surface area is 120 Å². The molecular formula is C15H24O5. The van der Waals surface area contributed by atoms with Crippen molar-refractivity contribution in [1.29, 1.82) is 0 Å². The summed E-state index contributed by atoms with van der Waals surface area (Å²) in [7, 11) is 1.41. The Morgan fingerprint density at radius 2 is 2.20 bits per heavy atom. The molecule has 0 aromatic rings. The van der Waals surface area contributed by atoms with Crippen LogP contribution in [0.5, 0.6) is 0 Å². The summed E-state index contributed by atoms with van der Waals surface area (Å²) in [6, 6.07) is 0. The van der Waals surface area contributed by atoms with Crippen molar-refractivity contribution in [2.75, 3.05) is 26.9 Å². The van der Waals surface area contributed by atoms with Gasteiger partial charge in [-0.1, -0.05) is 12.2 Å². The molecule has 5 nitrogen and oxygen atoms in total. The second kappa shape index (κ2) is 7.76. The molecule has 3 atom stereocenters. The standard InChI is InChI=1S/C15H24O5/c1-11(9-20-14-5-3-4-6-18-14)7-12(15(16)17-2)8-13-10-19-13/h12-14H,1,3-10H2,2H3/t12-,13-,14?/m0/s1. The van der Waals surface area contributed by atoms with Crippen LogP contribution >= 0.6 is 0 Å². The van der Waals surface area contributed by atoms with Crippen LogP contribution in [0.4, 0.5) is 0 Å². The lowest BCUT2D eigenvalue weighted by Gasteiger charge is -2.23. The van der Waals surface area contributed by atoms with Crippen molar-refractivity contribution in [3.63, 3.8) is 0 Å². The first-order valence-corrected chi connectivity index (χ1v) is 7.28. The molecule has 114 valence electrons. The molecule has 0 aromatic heterocycles. The van der Waals surface area contributed by atoms with Crippen LogP contribution in [0.3, 0.4) is 0 Å². The van der Waals surface area contributed by atoms with E-state index in [1.54, 1.807) is 0 Å². The van der Waals surface area contributed by atoms with E-state index in [1.807, 2.05) is 0 Å². The fraction of sp³-hybridized carbons (Fsp3) is 0.800. The van der Waals surface area contributed by atoms with E-state index in [9.17, 15) is 4.79 Å². The maximum atomic E-state index is 11.7. The fourth-order valence-corrected chi connectivity index (χ4v) is 2.41. The molecule has 1 unspecified atom stereocenters. The number of hydrogen-bond acceptors (Lipinski definition) is 5. The van der Waals surface area contributed by atoms with Crippen molar-refractivity contribution < 1.29 is 23.7 Å². The Balaban J connectivity index is 1.70. The summed E-state index contributed by atoms with van der Waals surface area (Å²) in [5.74, 6) is -0.383. The van der Waals surface area contributed by atoms with Crippen molar-refractivity contribution in [3.8, 4) is 0 Å². The number of epoxide rings is 1. The van der Waals surface area contributed by atoms with Crippen molar-refractivity contribution in [2.45, 2.75) is 44.5 Å². The Morgan fingerprint density at radius 3 is 2.80 bits per heavy atom. The summed E-state index contributed by atoms with van der Waals surface area (Å²) in [6.45, 7) is 5.94. The van der Waals surface area contributed by atoms with Gasteiger partial charge in [0.2, 0.25) is 0 Å². The number of esters is 1. The number of ether oxygens (including phenoxy) is 4. The molecule has 0 saturated carbocycles. The van der Waals surface area contributed by atoms with Gasteiger partial charge in [0.15, 0.2) is 6.29 Å². The first kappa shape index (κ1) is 15.5. The molecule has 2 rings (SSSR count). The largest absolute Gasteiger partial charge is 0.469 e. The summed E-state index contributed by atoms with van der Waals surface area (Å²) in [4.78, 5) is 11.7. The molecule has 0 bridgehead atoms. The Kier molecular flexibility index (Phi) is 6.01. The normalized spacial score (nSPS) is 26.9. The van der Waals surface area contributed by atoms with E-state index in [4.69, 9.17) is 18.9 Å². The van der Waals surface area contributed by atoms with Gasteiger partial charge in [-0.2, -0.15) is 0 Å². The molecule has 2 fully saturated rings. The maximum Gasteiger partial charge on any atom is 0.309 e. The molecule has 5 heteroatoms. The topological polar surface area (TPSA) is 57.3 Å². The molecule has 0 spiro atoms. The van der Waals surface area contributed by atoms with E-state index in [0.29, 0.717) is 19.4 Å². The van der Waals surface area contributed by atoms with Gasteiger partial charge in [-0.05, 0) is 32.1 Å². The minimum Gasteiger partial charge on any atom is -0.469 e. The number of carbonyl (C=O) groups is 1. The third-order valence-electron chi connectivity index (χ3n) is 3.63. The van der Waals surface area contributed by atoms with Crippen LogP contribution < -0.4 is 0 Å². The second-order valence-electron chi connectivity index (χ2n) is 5.47. The highest BCUT2D eigenvalue weighted by atomic mass is 16.7. The lowest BCUT2D eigenvalue weighted by molar-refractivity contribution is -0.157. The zero-order valence-corrected chi connectivity index (χ0v) is 12.1. The van der Waals surface area contributed by atoms with Crippen LogP contribution in [0.2, 0.25) is 0 Å². The molecule has 20 heavy (non-hydrogen) atoms. The zero-order chi connectivity index (χ0) is 14.4. The predicted molar refractivity (Wildman–Crippen MR) is 73.2 cm³/mol. The molecule has 0 aliphatic carbocycles. The highest BCUT2D eigenvalue weighted by molar-refractivity contribution is 5.72. The number of hydrogen-bond donors (Lipinski definition) is 0. The third-order valence-corrected chi connectivity index (χ3v) is 3.63. The molecule has 0 amide bonds. The van der Waals surface area contributed by atoms with Crippen molar-refractivity contribution in [2.24, 2.45) is 5.92 Å². The maximum absolute atomic E-state index is 11.7. The Hall–Kier alpha value is -0.910. The average molecular weight is 284 g/mol. The van der Waals surface area contributed by atoms with Crippen molar-refractivity contribution in [3.05, 3.63) is 12.2 Å². The lowest BCUT2D eigenvalue weighted by atomic mass is 9.96. The summed E-state index contributed by atoms with van der Waals surface area (Å²) >= 11 is 0. The first-order valence-electron chi connectivity index (χ1n) is 7.28. The molecule has 2 heterocycles.